The Hall–Kier alpha value is -4.13. The number of benzene rings is 1. The fourth-order valence-corrected chi connectivity index (χ4v) is 3.98. The summed E-state index contributed by atoms with van der Waals surface area (Å²) in [5, 5.41) is 6.19. The fourth-order valence-electron chi connectivity index (χ4n) is 3.98. The van der Waals surface area contributed by atoms with E-state index in [0.29, 0.717) is 11.6 Å². The standard InChI is InChI=1S/C25H22N6O/c32-24(29-22-15-26-12-10-20(22)17-6-2-1-3-7-17)21-11-13-28-25(30-21)31-23-16-27-14-18-8-4-5-9-19(18)23/h1-3,6-7,10-16H,4-5,8-9H2,(H,29,32)(H,28,30,31). The number of anilines is 3. The van der Waals surface area contributed by atoms with Gasteiger partial charge in [0.1, 0.15) is 5.69 Å². The lowest BCUT2D eigenvalue weighted by molar-refractivity contribution is 0.102. The number of amides is 1. The average Bonchev–Trinajstić information content (AvgIpc) is 2.85. The Morgan fingerprint density at radius 1 is 0.844 bits per heavy atom. The summed E-state index contributed by atoms with van der Waals surface area (Å²) in [6.07, 6.45) is 13.0. The van der Waals surface area contributed by atoms with E-state index < -0.39 is 0 Å². The van der Waals surface area contributed by atoms with Crippen molar-refractivity contribution in [3.8, 4) is 11.1 Å². The number of hydrogen-bond donors (Lipinski definition) is 2. The van der Waals surface area contributed by atoms with Crippen molar-refractivity contribution in [1.82, 2.24) is 19.9 Å². The van der Waals surface area contributed by atoms with Gasteiger partial charge in [-0.1, -0.05) is 30.3 Å². The van der Waals surface area contributed by atoms with E-state index in [9.17, 15) is 4.79 Å². The molecule has 3 heterocycles. The Balaban J connectivity index is 1.38. The zero-order chi connectivity index (χ0) is 21.8. The first-order chi connectivity index (χ1) is 15.8. The molecule has 0 aliphatic heterocycles. The van der Waals surface area contributed by atoms with Crippen molar-refractivity contribution < 1.29 is 4.79 Å². The number of carbonyl (C=O) groups excluding carboxylic acids is 1. The molecule has 0 radical (unpaired) electrons. The Kier molecular flexibility index (Phi) is 5.53. The van der Waals surface area contributed by atoms with Gasteiger partial charge in [-0.25, -0.2) is 9.97 Å². The van der Waals surface area contributed by atoms with E-state index in [-0.39, 0.29) is 11.6 Å². The van der Waals surface area contributed by atoms with Crippen LogP contribution >= 0.6 is 0 Å². The van der Waals surface area contributed by atoms with Gasteiger partial charge in [0.15, 0.2) is 0 Å². The summed E-state index contributed by atoms with van der Waals surface area (Å²) in [4.78, 5) is 30.2. The average molecular weight is 422 g/mol. The van der Waals surface area contributed by atoms with Crippen LogP contribution in [-0.2, 0) is 12.8 Å². The third kappa shape index (κ3) is 4.18. The summed E-state index contributed by atoms with van der Waals surface area (Å²) >= 11 is 0. The number of nitrogens with one attached hydrogen (secondary N) is 2. The lowest BCUT2D eigenvalue weighted by atomic mass is 9.92. The van der Waals surface area contributed by atoms with Crippen LogP contribution in [0.3, 0.4) is 0 Å². The van der Waals surface area contributed by atoms with Crippen LogP contribution in [-0.4, -0.2) is 25.8 Å². The van der Waals surface area contributed by atoms with Crippen LogP contribution in [0, 0.1) is 0 Å². The van der Waals surface area contributed by atoms with Gasteiger partial charge < -0.3 is 10.6 Å². The van der Waals surface area contributed by atoms with Crippen molar-refractivity contribution in [3.63, 3.8) is 0 Å². The predicted octanol–water partition coefficient (Wildman–Crippen LogP) is 4.81. The lowest BCUT2D eigenvalue weighted by Crippen LogP contribution is -2.16. The molecule has 5 rings (SSSR count). The van der Waals surface area contributed by atoms with E-state index in [4.69, 9.17) is 0 Å². The molecule has 1 amide bonds. The minimum absolute atomic E-state index is 0.267. The largest absolute Gasteiger partial charge is 0.323 e. The number of fused-ring (bicyclic) bond motifs is 1. The van der Waals surface area contributed by atoms with Gasteiger partial charge in [0.2, 0.25) is 5.95 Å². The molecule has 1 aliphatic rings. The molecule has 1 aromatic carbocycles. The van der Waals surface area contributed by atoms with Gasteiger partial charge in [0.05, 0.1) is 23.8 Å². The number of hydrogen-bond acceptors (Lipinski definition) is 6. The Morgan fingerprint density at radius 2 is 1.69 bits per heavy atom. The van der Waals surface area contributed by atoms with Gasteiger partial charge in [-0.3, -0.25) is 14.8 Å². The molecule has 7 heteroatoms. The Morgan fingerprint density at radius 3 is 2.59 bits per heavy atom. The maximum Gasteiger partial charge on any atom is 0.274 e. The van der Waals surface area contributed by atoms with E-state index in [2.05, 4.69) is 30.6 Å². The lowest BCUT2D eigenvalue weighted by Gasteiger charge is -2.19. The van der Waals surface area contributed by atoms with Crippen LogP contribution in [0.25, 0.3) is 11.1 Å². The Bertz CT molecular complexity index is 1260. The van der Waals surface area contributed by atoms with Crippen LogP contribution < -0.4 is 10.6 Å². The summed E-state index contributed by atoms with van der Waals surface area (Å²) < 4.78 is 0. The molecule has 3 aromatic heterocycles. The highest BCUT2D eigenvalue weighted by Gasteiger charge is 2.16. The van der Waals surface area contributed by atoms with Crippen molar-refractivity contribution in [2.75, 3.05) is 10.6 Å². The van der Waals surface area contributed by atoms with E-state index >= 15 is 0 Å². The molecule has 1 aliphatic carbocycles. The van der Waals surface area contributed by atoms with Gasteiger partial charge in [-0.2, -0.15) is 0 Å². The van der Waals surface area contributed by atoms with Gasteiger partial charge in [-0.05, 0) is 54.5 Å². The smallest absolute Gasteiger partial charge is 0.274 e. The molecule has 0 spiro atoms. The minimum Gasteiger partial charge on any atom is -0.323 e. The summed E-state index contributed by atoms with van der Waals surface area (Å²) in [5.74, 6) is 0.0433. The molecule has 7 nitrogen and oxygen atoms in total. The highest BCUT2D eigenvalue weighted by atomic mass is 16.1. The molecule has 0 saturated heterocycles. The van der Waals surface area contributed by atoms with Gasteiger partial charge in [0.25, 0.3) is 5.91 Å². The van der Waals surface area contributed by atoms with Gasteiger partial charge in [0, 0.05) is 24.2 Å². The zero-order valence-electron chi connectivity index (χ0n) is 17.5. The topological polar surface area (TPSA) is 92.7 Å². The second-order valence-electron chi connectivity index (χ2n) is 7.66. The van der Waals surface area contributed by atoms with Gasteiger partial charge in [-0.15, -0.1) is 0 Å². The third-order valence-corrected chi connectivity index (χ3v) is 5.56. The number of pyridine rings is 2. The second-order valence-corrected chi connectivity index (χ2v) is 7.66. The van der Waals surface area contributed by atoms with Crippen LogP contribution in [0.1, 0.15) is 34.5 Å². The van der Waals surface area contributed by atoms with Crippen molar-refractivity contribution in [1.29, 1.82) is 0 Å². The highest BCUT2D eigenvalue weighted by molar-refractivity contribution is 6.05. The Labute approximate surface area is 186 Å². The maximum atomic E-state index is 13.0. The van der Waals surface area contributed by atoms with Crippen molar-refractivity contribution in [3.05, 3.63) is 90.3 Å². The van der Waals surface area contributed by atoms with E-state index in [1.807, 2.05) is 42.6 Å². The molecule has 2 N–H and O–H groups in total. The van der Waals surface area contributed by atoms with Crippen LogP contribution in [0.15, 0.2) is 73.4 Å². The molecule has 4 aromatic rings. The van der Waals surface area contributed by atoms with Crippen molar-refractivity contribution in [2.24, 2.45) is 0 Å². The quantitative estimate of drug-likeness (QED) is 0.480. The summed E-state index contributed by atoms with van der Waals surface area (Å²) in [5.41, 5.74) is 6.20. The molecule has 32 heavy (non-hydrogen) atoms. The molecular weight excluding hydrogens is 400 g/mol. The van der Waals surface area contributed by atoms with Crippen molar-refractivity contribution in [2.45, 2.75) is 25.7 Å². The summed E-state index contributed by atoms with van der Waals surface area (Å²) in [7, 11) is 0. The van der Waals surface area contributed by atoms with Crippen LogP contribution in [0.5, 0.6) is 0 Å². The van der Waals surface area contributed by atoms with E-state index in [1.54, 1.807) is 30.9 Å². The first-order valence-electron chi connectivity index (χ1n) is 10.6. The normalized spacial score (nSPS) is 12.6. The molecule has 0 fully saturated rings. The molecule has 0 atom stereocenters. The molecule has 0 bridgehead atoms. The maximum absolute atomic E-state index is 13.0. The molecule has 0 saturated carbocycles. The zero-order valence-corrected chi connectivity index (χ0v) is 17.5. The fraction of sp³-hybridized carbons (Fsp3) is 0.160. The summed E-state index contributed by atoms with van der Waals surface area (Å²) in [6.45, 7) is 0. The molecular formula is C25H22N6O. The first kappa shape index (κ1) is 19.8. The number of carbonyl (C=O) groups is 1. The number of nitrogens with zero attached hydrogens (tertiary/aromatic N) is 4. The number of aromatic nitrogens is 4. The monoisotopic (exact) mass is 422 g/mol. The third-order valence-electron chi connectivity index (χ3n) is 5.56. The van der Waals surface area contributed by atoms with E-state index in [1.165, 1.54) is 17.5 Å². The van der Waals surface area contributed by atoms with Crippen LogP contribution in [0.2, 0.25) is 0 Å². The van der Waals surface area contributed by atoms with E-state index in [0.717, 1.165) is 36.1 Å². The number of aryl methyl sites for hydroxylation is 1. The SMILES string of the molecule is O=C(Nc1cnccc1-c1ccccc1)c1ccnc(Nc2cncc3c2CCCC3)n1. The predicted molar refractivity (Wildman–Crippen MR) is 124 cm³/mol. The van der Waals surface area contributed by atoms with Crippen LogP contribution in [0.4, 0.5) is 17.3 Å². The summed E-state index contributed by atoms with van der Waals surface area (Å²) in [6, 6.07) is 13.3. The van der Waals surface area contributed by atoms with Crippen molar-refractivity contribution >= 4 is 23.2 Å². The molecule has 0 unspecified atom stereocenters. The number of rotatable bonds is 5. The first-order valence-corrected chi connectivity index (χ1v) is 10.6. The van der Waals surface area contributed by atoms with Gasteiger partial charge >= 0.3 is 0 Å². The molecule has 158 valence electrons. The second kappa shape index (κ2) is 8.93. The highest BCUT2D eigenvalue weighted by Crippen LogP contribution is 2.29. The minimum atomic E-state index is -0.325.